The Morgan fingerprint density at radius 3 is 2.40 bits per heavy atom. The van der Waals surface area contributed by atoms with Crippen molar-refractivity contribution in [2.24, 2.45) is 0 Å². The molecule has 4 amide bonds. The Kier molecular flexibility index (Phi) is 7.54. The second-order valence-corrected chi connectivity index (χ2v) is 7.50. The quantitative estimate of drug-likeness (QED) is 0.745. The van der Waals surface area contributed by atoms with Crippen LogP contribution >= 0.6 is 0 Å². The van der Waals surface area contributed by atoms with E-state index in [4.69, 9.17) is 4.74 Å². The third kappa shape index (κ3) is 6.14. The highest BCUT2D eigenvalue weighted by Gasteiger charge is 2.25. The smallest absolute Gasteiger partial charge is 0.320 e. The number of ether oxygens (including phenoxy) is 1. The summed E-state index contributed by atoms with van der Waals surface area (Å²) in [7, 11) is 1.81. The van der Waals surface area contributed by atoms with Gasteiger partial charge in [-0.2, -0.15) is 0 Å². The van der Waals surface area contributed by atoms with Crippen LogP contribution in [0.2, 0.25) is 0 Å². The van der Waals surface area contributed by atoms with E-state index in [0.717, 1.165) is 16.9 Å². The maximum atomic E-state index is 12.7. The van der Waals surface area contributed by atoms with Gasteiger partial charge in [-0.05, 0) is 30.2 Å². The largest absolute Gasteiger partial charge is 0.492 e. The third-order valence-corrected chi connectivity index (χ3v) is 5.06. The topological polar surface area (TPSA) is 65.1 Å². The molecule has 2 aromatic carbocycles. The van der Waals surface area contributed by atoms with Gasteiger partial charge in [-0.25, -0.2) is 9.59 Å². The van der Waals surface area contributed by atoms with Gasteiger partial charge in [0, 0.05) is 39.8 Å². The zero-order chi connectivity index (χ0) is 21.3. The number of nitrogens with zero attached hydrogens (tertiary/aromatic N) is 3. The molecule has 7 nitrogen and oxygen atoms in total. The van der Waals surface area contributed by atoms with Gasteiger partial charge >= 0.3 is 12.1 Å². The van der Waals surface area contributed by atoms with Gasteiger partial charge < -0.3 is 24.8 Å². The van der Waals surface area contributed by atoms with Crippen LogP contribution in [0.25, 0.3) is 0 Å². The van der Waals surface area contributed by atoms with E-state index in [9.17, 15) is 9.59 Å². The summed E-state index contributed by atoms with van der Waals surface area (Å²) in [5.41, 5.74) is 2.23. The third-order valence-electron chi connectivity index (χ3n) is 5.06. The van der Waals surface area contributed by atoms with Gasteiger partial charge in [-0.15, -0.1) is 0 Å². The van der Waals surface area contributed by atoms with Crippen molar-refractivity contribution in [3.63, 3.8) is 0 Å². The van der Waals surface area contributed by atoms with Gasteiger partial charge in [0.15, 0.2) is 0 Å². The van der Waals surface area contributed by atoms with Gasteiger partial charge in [0.05, 0.1) is 6.54 Å². The fourth-order valence-corrected chi connectivity index (χ4v) is 3.41. The van der Waals surface area contributed by atoms with Crippen LogP contribution in [0.3, 0.4) is 0 Å². The summed E-state index contributed by atoms with van der Waals surface area (Å²) in [5, 5.41) is 2.88. The average Bonchev–Trinajstić information content (AvgIpc) is 2.77. The molecular weight excluding hydrogens is 380 g/mol. The summed E-state index contributed by atoms with van der Waals surface area (Å²) >= 11 is 0. The van der Waals surface area contributed by atoms with E-state index < -0.39 is 0 Å². The lowest BCUT2D eigenvalue weighted by molar-refractivity contribution is 0.122. The van der Waals surface area contributed by atoms with Crippen molar-refractivity contribution in [1.29, 1.82) is 0 Å². The first-order valence-electron chi connectivity index (χ1n) is 10.3. The van der Waals surface area contributed by atoms with Gasteiger partial charge in [0.2, 0.25) is 0 Å². The number of amides is 4. The molecule has 0 aliphatic carbocycles. The van der Waals surface area contributed by atoms with Crippen LogP contribution in [-0.4, -0.2) is 73.1 Å². The van der Waals surface area contributed by atoms with Gasteiger partial charge in [0.25, 0.3) is 0 Å². The van der Waals surface area contributed by atoms with E-state index in [1.54, 1.807) is 14.7 Å². The minimum atomic E-state index is -0.118. The fourth-order valence-electron chi connectivity index (χ4n) is 3.41. The molecule has 1 heterocycles. The number of piperazine rings is 1. The monoisotopic (exact) mass is 410 g/mol. The predicted molar refractivity (Wildman–Crippen MR) is 117 cm³/mol. The van der Waals surface area contributed by atoms with Crippen LogP contribution in [0.1, 0.15) is 11.1 Å². The molecule has 1 saturated heterocycles. The lowest BCUT2D eigenvalue weighted by Gasteiger charge is -2.36. The number of benzene rings is 2. The SMILES string of the molecule is Cc1cccc(OCCNC(=O)N2CCN(C(=O)N(C)Cc3ccccc3)CC2)c1. The van der Waals surface area contributed by atoms with Gasteiger partial charge in [-0.3, -0.25) is 0 Å². The summed E-state index contributed by atoms with van der Waals surface area (Å²) < 4.78 is 5.66. The number of hydrogen-bond donors (Lipinski definition) is 1. The van der Waals surface area contributed by atoms with Crippen LogP contribution in [-0.2, 0) is 6.54 Å². The minimum absolute atomic E-state index is 0.00883. The number of hydrogen-bond acceptors (Lipinski definition) is 3. The van der Waals surface area contributed by atoms with E-state index in [1.807, 2.05) is 68.6 Å². The molecule has 0 radical (unpaired) electrons. The highest BCUT2D eigenvalue weighted by Crippen LogP contribution is 2.12. The van der Waals surface area contributed by atoms with Crippen LogP contribution in [0.5, 0.6) is 5.75 Å². The standard InChI is InChI=1S/C23H30N4O3/c1-19-7-6-10-21(17-19)30-16-11-24-22(28)26-12-14-27(15-13-26)23(29)25(2)18-20-8-4-3-5-9-20/h3-10,17H,11-16,18H2,1-2H3,(H,24,28). The molecule has 0 bridgehead atoms. The van der Waals surface area contributed by atoms with Gasteiger partial charge in [-0.1, -0.05) is 42.5 Å². The van der Waals surface area contributed by atoms with Crippen molar-refractivity contribution in [3.05, 3.63) is 65.7 Å². The average molecular weight is 411 g/mol. The van der Waals surface area contributed by atoms with Crippen LogP contribution < -0.4 is 10.1 Å². The zero-order valence-electron chi connectivity index (χ0n) is 17.7. The van der Waals surface area contributed by atoms with Crippen molar-refractivity contribution in [3.8, 4) is 5.75 Å². The first kappa shape index (κ1) is 21.5. The number of urea groups is 2. The van der Waals surface area contributed by atoms with Crippen molar-refractivity contribution < 1.29 is 14.3 Å². The summed E-state index contributed by atoms with van der Waals surface area (Å²) in [6, 6.07) is 17.6. The number of aryl methyl sites for hydroxylation is 1. The molecule has 0 atom stereocenters. The number of nitrogens with one attached hydrogen (secondary N) is 1. The van der Waals surface area contributed by atoms with Crippen LogP contribution in [0, 0.1) is 6.92 Å². The second kappa shape index (κ2) is 10.5. The molecule has 3 rings (SSSR count). The van der Waals surface area contributed by atoms with Crippen molar-refractivity contribution in [2.45, 2.75) is 13.5 Å². The summed E-state index contributed by atoms with van der Waals surface area (Å²) in [6.45, 7) is 5.55. The maximum Gasteiger partial charge on any atom is 0.320 e. The Bertz CT molecular complexity index is 835. The Hall–Kier alpha value is -3.22. The van der Waals surface area contributed by atoms with E-state index >= 15 is 0 Å². The minimum Gasteiger partial charge on any atom is -0.492 e. The normalized spacial score (nSPS) is 13.7. The highest BCUT2D eigenvalue weighted by atomic mass is 16.5. The van der Waals surface area contributed by atoms with Crippen LogP contribution in [0.4, 0.5) is 9.59 Å². The lowest BCUT2D eigenvalue weighted by atomic mass is 10.2. The molecule has 160 valence electrons. The lowest BCUT2D eigenvalue weighted by Crippen LogP contribution is -2.55. The number of carbonyl (C=O) groups is 2. The van der Waals surface area contributed by atoms with Crippen LogP contribution in [0.15, 0.2) is 54.6 Å². The van der Waals surface area contributed by atoms with E-state index in [0.29, 0.717) is 45.9 Å². The molecule has 0 saturated carbocycles. The fraction of sp³-hybridized carbons (Fsp3) is 0.391. The molecule has 7 heteroatoms. The summed E-state index contributed by atoms with van der Waals surface area (Å²) in [6.07, 6.45) is 0. The molecule has 2 aromatic rings. The molecular formula is C23H30N4O3. The first-order valence-corrected chi connectivity index (χ1v) is 10.3. The molecule has 1 fully saturated rings. The van der Waals surface area contributed by atoms with E-state index in [1.165, 1.54) is 0 Å². The molecule has 1 aliphatic heterocycles. The highest BCUT2D eigenvalue weighted by molar-refractivity contribution is 5.76. The van der Waals surface area contributed by atoms with E-state index in [2.05, 4.69) is 5.32 Å². The molecule has 1 aliphatic rings. The first-order chi connectivity index (χ1) is 14.5. The molecule has 1 N–H and O–H groups in total. The molecule has 30 heavy (non-hydrogen) atoms. The number of carbonyl (C=O) groups excluding carboxylic acids is 2. The van der Waals surface area contributed by atoms with E-state index in [-0.39, 0.29) is 12.1 Å². The molecule has 0 spiro atoms. The van der Waals surface area contributed by atoms with Crippen molar-refractivity contribution in [2.75, 3.05) is 46.4 Å². The van der Waals surface area contributed by atoms with Crippen molar-refractivity contribution >= 4 is 12.1 Å². The molecule has 0 unspecified atom stereocenters. The summed E-state index contributed by atoms with van der Waals surface area (Å²) in [4.78, 5) is 30.3. The Labute approximate surface area is 178 Å². The second-order valence-electron chi connectivity index (χ2n) is 7.50. The van der Waals surface area contributed by atoms with Crippen molar-refractivity contribution in [1.82, 2.24) is 20.0 Å². The van der Waals surface area contributed by atoms with Gasteiger partial charge in [0.1, 0.15) is 12.4 Å². The molecule has 0 aromatic heterocycles. The Balaban J connectivity index is 1.36. The Morgan fingerprint density at radius 1 is 1.00 bits per heavy atom. The summed E-state index contributed by atoms with van der Waals surface area (Å²) in [5.74, 6) is 0.802. The predicted octanol–water partition coefficient (Wildman–Crippen LogP) is 2.95. The number of rotatable bonds is 6. The maximum absolute atomic E-state index is 12.7. The Morgan fingerprint density at radius 2 is 1.70 bits per heavy atom. The zero-order valence-corrected chi connectivity index (χ0v) is 17.7.